The molecule has 0 bridgehead atoms. The number of hydrogen-bond acceptors (Lipinski definition) is 9. The molecular weight excluding hydrogens is 593 g/mol. The first-order valence-electron chi connectivity index (χ1n) is 7.60. The van der Waals surface area contributed by atoms with E-state index in [1.54, 1.807) is 6.92 Å². The molecule has 3 N–H and O–H groups in total. The topological polar surface area (TPSA) is 146 Å². The number of aromatic nitrogens is 1. The maximum atomic E-state index is 12.8. The molecule has 1 aromatic heterocycles. The number of anilines is 1. The van der Waals surface area contributed by atoms with Crippen LogP contribution in [0.2, 0.25) is 0 Å². The number of carbonyl (C=O) groups excluding carboxylic acids is 2. The quantitative estimate of drug-likeness (QED) is 0.306. The minimum Gasteiger partial charge on any atom is -0.702 e. The van der Waals surface area contributed by atoms with Crippen LogP contribution in [0.1, 0.15) is 10.4 Å². The number of aliphatic hydroxyl groups excluding tert-OH is 1. The average molecular weight is 605 g/mol. The Balaban J connectivity index is 0.00000300. The molecule has 1 amide bonds. The molecule has 0 spiro atoms. The monoisotopic (exact) mass is 605 g/mol. The molecule has 3 rings (SSSR count). The van der Waals surface area contributed by atoms with Gasteiger partial charge in [0.05, 0.1) is 5.76 Å². The predicted octanol–water partition coefficient (Wildman–Crippen LogP) is -0.480. The van der Waals surface area contributed by atoms with Crippen LogP contribution in [0.5, 0.6) is 0 Å². The Hall–Kier alpha value is -2.21. The van der Waals surface area contributed by atoms with Gasteiger partial charge in [-0.3, -0.25) is 14.4 Å². The van der Waals surface area contributed by atoms with Gasteiger partial charge in [0.2, 0.25) is 10.0 Å². The summed E-state index contributed by atoms with van der Waals surface area (Å²) in [6.07, 6.45) is 1.52. The molecule has 0 aliphatic carbocycles. The molecule has 0 saturated carbocycles. The van der Waals surface area contributed by atoms with E-state index in [2.05, 4.69) is 21.0 Å². The van der Waals surface area contributed by atoms with Gasteiger partial charge in [0, 0.05) is 18.1 Å². The van der Waals surface area contributed by atoms with Crippen LogP contribution >= 0.6 is 11.3 Å². The molecule has 0 fully saturated rings. The number of fused-ring (bicyclic) bond motifs is 1. The van der Waals surface area contributed by atoms with Gasteiger partial charge in [0.1, 0.15) is 5.70 Å². The molecule has 0 saturated heterocycles. The van der Waals surface area contributed by atoms with Crippen molar-refractivity contribution in [1.29, 1.82) is 0 Å². The maximum absolute atomic E-state index is 12.8. The van der Waals surface area contributed by atoms with Gasteiger partial charge in [0.15, 0.2) is 5.13 Å². The molecule has 29 heavy (non-hydrogen) atoms. The van der Waals surface area contributed by atoms with Gasteiger partial charge in [-0.25, -0.2) is 13.4 Å². The van der Waals surface area contributed by atoms with E-state index >= 15 is 0 Å². The fraction of sp³-hybridized carbons (Fsp3) is 0.133. The van der Waals surface area contributed by atoms with Crippen LogP contribution in [-0.2, 0) is 45.3 Å². The molecule has 0 atom stereocenters. The number of benzene rings is 1. The molecule has 1 aliphatic rings. The largest absolute Gasteiger partial charge is 2.00 e. The normalized spacial score (nSPS) is 14.5. The van der Waals surface area contributed by atoms with Crippen molar-refractivity contribution in [2.24, 2.45) is 0 Å². The zero-order chi connectivity index (χ0) is 20.6. The number of hydrogen-bond donors (Lipinski definition) is 3. The second-order valence-electron chi connectivity index (χ2n) is 5.58. The Labute approximate surface area is 184 Å². The van der Waals surface area contributed by atoms with Gasteiger partial charge in [-0.05, 0) is 11.8 Å². The Bertz CT molecular complexity index is 1100. The smallest absolute Gasteiger partial charge is 0.702 e. The van der Waals surface area contributed by atoms with E-state index in [1.165, 1.54) is 12.3 Å². The predicted molar refractivity (Wildman–Crippen MR) is 99.6 cm³/mol. The van der Waals surface area contributed by atoms with Crippen molar-refractivity contribution >= 4 is 57.2 Å². The summed E-state index contributed by atoms with van der Waals surface area (Å²) in [4.78, 5) is 27.4. The zero-order valence-corrected chi connectivity index (χ0v) is 19.4. The van der Waals surface area contributed by atoms with E-state index in [-0.39, 0.29) is 31.7 Å². The summed E-state index contributed by atoms with van der Waals surface area (Å²) in [6.45, 7) is 2.79. The molecule has 14 heteroatoms. The molecule has 1 aromatic carbocycles. The molecule has 0 radical (unpaired) electrons. The summed E-state index contributed by atoms with van der Waals surface area (Å²) in [5, 5.41) is 23.2. The van der Waals surface area contributed by atoms with Crippen molar-refractivity contribution in [3.63, 3.8) is 0 Å². The van der Waals surface area contributed by atoms with Crippen molar-refractivity contribution in [3.05, 3.63) is 40.5 Å². The Morgan fingerprint density at radius 3 is 2.76 bits per heavy atom. The zero-order valence-electron chi connectivity index (χ0n) is 14.9. The first kappa shape index (κ1) is 23.1. The number of likely N-dealkylation sites (N-methyl/N-ethyl adjacent to an activating group) is 1. The van der Waals surface area contributed by atoms with E-state index in [1.807, 2.05) is 0 Å². The second-order valence-corrected chi connectivity index (χ2v) is 8.76. The number of rotatable bonds is 5. The number of nitrogens with zero attached hydrogens (tertiary/aromatic N) is 2. The number of sulfonamides is 1. The van der Waals surface area contributed by atoms with E-state index in [0.717, 1.165) is 35.8 Å². The summed E-state index contributed by atoms with van der Waals surface area (Å²) in [7, 11) is -5.10. The van der Waals surface area contributed by atoms with Gasteiger partial charge < -0.3 is 19.6 Å². The number of amides is 1. The minimum absolute atomic E-state index is 0. The number of carbonyl (C=O) groups is 1. The second kappa shape index (κ2) is 8.66. The van der Waals surface area contributed by atoms with E-state index in [9.17, 15) is 28.1 Å². The number of nitrogens with one attached hydrogen (secondary N) is 1. The molecular formula is C15H12BN3O7S2W. The summed E-state index contributed by atoms with van der Waals surface area (Å²) >= 11 is 1.16. The van der Waals surface area contributed by atoms with Crippen LogP contribution in [0.15, 0.2) is 28.9 Å². The van der Waals surface area contributed by atoms with E-state index < -0.39 is 45.0 Å². The third-order valence-electron chi connectivity index (χ3n) is 3.87. The third-order valence-corrected chi connectivity index (χ3v) is 6.50. The van der Waals surface area contributed by atoms with Crippen LogP contribution in [0.4, 0.5) is 5.13 Å². The molecule has 2 aromatic rings. The number of thiazole rings is 1. The van der Waals surface area contributed by atoms with Gasteiger partial charge in [-0.1, -0.05) is 12.0 Å². The van der Waals surface area contributed by atoms with Crippen LogP contribution in [-0.4, -0.2) is 54.4 Å². The van der Waals surface area contributed by atoms with Crippen molar-refractivity contribution in [2.75, 3.05) is 12.4 Å². The van der Waals surface area contributed by atoms with Crippen molar-refractivity contribution in [1.82, 2.24) is 9.29 Å². The molecule has 0 unspecified atom stereocenters. The maximum Gasteiger partial charge on any atom is 2.00 e. The average Bonchev–Trinajstić information content (AvgIpc) is 3.04. The summed E-state index contributed by atoms with van der Waals surface area (Å²) < 4.78 is 30.6. The van der Waals surface area contributed by atoms with Crippen LogP contribution in [0.3, 0.4) is 0 Å². The van der Waals surface area contributed by atoms with Crippen molar-refractivity contribution in [3.8, 4) is 0 Å². The Morgan fingerprint density at radius 1 is 1.48 bits per heavy atom. The number of aliphatic hydroxyl groups is 1. The standard InChI is InChI=1S/C15H12BN3O7S2.W/c1-8-6-17-15(27-8)18-14(22)12-13(21)11-9(16(23)26-7-20)4-3-5-10(11)28(24,25)19(12)2;/h3,5-6,21,23H,1-2H3,(H,17,18,22);/q-2;+2. The van der Waals surface area contributed by atoms with Crippen LogP contribution < -0.4 is 10.8 Å². The Kier molecular flexibility index (Phi) is 6.89. The number of aryl methyl sites for hydroxylation is 1. The van der Waals surface area contributed by atoms with E-state index in [0.29, 0.717) is 4.31 Å². The third kappa shape index (κ3) is 4.08. The molecule has 150 valence electrons. The first-order chi connectivity index (χ1) is 13.2. The van der Waals surface area contributed by atoms with Crippen LogP contribution in [0.25, 0.3) is 5.76 Å². The summed E-state index contributed by atoms with van der Waals surface area (Å²) in [5.41, 5.74) is -1.34. The van der Waals surface area contributed by atoms with Crippen molar-refractivity contribution < 1.29 is 53.9 Å². The molecule has 10 nitrogen and oxygen atoms in total. The fourth-order valence-corrected chi connectivity index (χ4v) is 4.68. The molecule has 1 aliphatic heterocycles. The van der Waals surface area contributed by atoms with E-state index in [4.69, 9.17) is 0 Å². The SMILES string of the molecule is Cc1cnc(NC(=O)C2=C(O)c3c(B(O)O[C-]=O)[c-]ccc3S(=O)(=O)N2C)s1.[W+2]. The van der Waals surface area contributed by atoms with Gasteiger partial charge in [0.25, 0.3) is 5.91 Å². The van der Waals surface area contributed by atoms with Crippen molar-refractivity contribution in [2.45, 2.75) is 11.8 Å². The Morgan fingerprint density at radius 2 is 2.17 bits per heavy atom. The molecule has 2 heterocycles. The minimum atomic E-state index is -4.25. The van der Waals surface area contributed by atoms with Gasteiger partial charge >= 0.3 is 28.2 Å². The van der Waals surface area contributed by atoms with Gasteiger partial charge in [-0.2, -0.15) is 12.1 Å². The fourth-order valence-electron chi connectivity index (χ4n) is 2.61. The first-order valence-corrected chi connectivity index (χ1v) is 9.86. The van der Waals surface area contributed by atoms with Gasteiger partial charge in [-0.15, -0.1) is 22.9 Å². The summed E-state index contributed by atoms with van der Waals surface area (Å²) in [5.74, 6) is -1.67. The van der Waals surface area contributed by atoms with Crippen LogP contribution in [0, 0.1) is 13.0 Å². The summed E-state index contributed by atoms with van der Waals surface area (Å²) in [6, 6.07) is 4.81.